The maximum absolute atomic E-state index is 12.9. The Kier molecular flexibility index (Phi) is 6.01. The summed E-state index contributed by atoms with van der Waals surface area (Å²) in [6, 6.07) is 14.2. The summed E-state index contributed by atoms with van der Waals surface area (Å²) in [5.74, 6) is -0.761. The second-order valence-corrected chi connectivity index (χ2v) is 8.24. The molecule has 2 aliphatic heterocycles. The number of anilines is 2. The Labute approximate surface area is 187 Å². The van der Waals surface area contributed by atoms with E-state index < -0.39 is 6.04 Å². The highest BCUT2D eigenvalue weighted by Gasteiger charge is 2.41. The van der Waals surface area contributed by atoms with Crippen LogP contribution in [0.3, 0.4) is 0 Å². The van der Waals surface area contributed by atoms with E-state index in [0.717, 1.165) is 10.0 Å². The number of fused-ring (bicyclic) bond motifs is 1. The molecule has 2 aliphatic rings. The van der Waals surface area contributed by atoms with Crippen molar-refractivity contribution in [2.24, 2.45) is 5.10 Å². The van der Waals surface area contributed by atoms with Crippen LogP contribution < -0.4 is 16.1 Å². The zero-order valence-electron chi connectivity index (χ0n) is 16.7. The van der Waals surface area contributed by atoms with E-state index in [0.29, 0.717) is 17.8 Å². The van der Waals surface area contributed by atoms with E-state index >= 15 is 0 Å². The summed E-state index contributed by atoms with van der Waals surface area (Å²) >= 11 is 3.42. The first-order valence-electron chi connectivity index (χ1n) is 9.72. The minimum atomic E-state index is -0.420. The van der Waals surface area contributed by atoms with Crippen LogP contribution in [0.25, 0.3) is 0 Å². The number of nitrogens with one attached hydrogen (secondary N) is 3. The van der Waals surface area contributed by atoms with Gasteiger partial charge in [0.05, 0.1) is 6.04 Å². The zero-order chi connectivity index (χ0) is 22.0. The number of halogens is 1. The normalized spacial score (nSPS) is 19.9. The number of hydrazone groups is 1. The van der Waals surface area contributed by atoms with Gasteiger partial charge in [0.2, 0.25) is 11.8 Å². The topological polar surface area (TPSA) is 106 Å². The molecule has 0 aromatic heterocycles. The van der Waals surface area contributed by atoms with Crippen molar-refractivity contribution in [2.45, 2.75) is 25.4 Å². The number of amides is 3. The third-order valence-electron chi connectivity index (χ3n) is 5.01. The highest BCUT2D eigenvalue weighted by Crippen LogP contribution is 2.30. The first-order valence-corrected chi connectivity index (χ1v) is 10.5. The van der Waals surface area contributed by atoms with Crippen LogP contribution in [0.1, 0.15) is 24.9 Å². The Bertz CT molecular complexity index is 1020. The molecule has 0 aliphatic carbocycles. The van der Waals surface area contributed by atoms with Crippen molar-refractivity contribution in [1.82, 2.24) is 15.4 Å². The summed E-state index contributed by atoms with van der Waals surface area (Å²) in [4.78, 5) is 36.4. The largest absolute Gasteiger partial charge is 0.326 e. The van der Waals surface area contributed by atoms with Crippen molar-refractivity contribution in [3.63, 3.8) is 0 Å². The first kappa shape index (κ1) is 21.0. The van der Waals surface area contributed by atoms with E-state index in [-0.39, 0.29) is 30.3 Å². The van der Waals surface area contributed by atoms with Gasteiger partial charge in [-0.1, -0.05) is 28.1 Å². The number of benzene rings is 2. The van der Waals surface area contributed by atoms with E-state index in [9.17, 15) is 14.4 Å². The van der Waals surface area contributed by atoms with Gasteiger partial charge in [-0.05, 0) is 48.4 Å². The Hall–Kier alpha value is -3.24. The van der Waals surface area contributed by atoms with E-state index in [1.54, 1.807) is 35.6 Å². The molecule has 0 bridgehead atoms. The SMILES string of the molecule is CC(=O)Nc1ccc(NC(=O)CN2N=CN3NC(c4ccc(Br)cc4)CC3C2=O)cc1. The van der Waals surface area contributed by atoms with Gasteiger partial charge in [0, 0.05) is 22.8 Å². The molecule has 1 saturated heterocycles. The Morgan fingerprint density at radius 3 is 2.39 bits per heavy atom. The van der Waals surface area contributed by atoms with Crippen molar-refractivity contribution >= 4 is 51.4 Å². The molecule has 31 heavy (non-hydrogen) atoms. The lowest BCUT2D eigenvalue weighted by Crippen LogP contribution is -2.52. The van der Waals surface area contributed by atoms with Gasteiger partial charge in [-0.15, -0.1) is 0 Å². The molecule has 160 valence electrons. The molecule has 2 aromatic carbocycles. The number of carbonyl (C=O) groups is 3. The lowest BCUT2D eigenvalue weighted by Gasteiger charge is -2.29. The molecule has 4 rings (SSSR count). The summed E-state index contributed by atoms with van der Waals surface area (Å²) in [6.07, 6.45) is 2.12. The molecule has 10 heteroatoms. The third kappa shape index (κ3) is 4.92. The van der Waals surface area contributed by atoms with Gasteiger partial charge in [0.15, 0.2) is 0 Å². The van der Waals surface area contributed by atoms with Crippen molar-refractivity contribution in [3.8, 4) is 0 Å². The highest BCUT2D eigenvalue weighted by atomic mass is 79.9. The average molecular weight is 485 g/mol. The number of carbonyl (C=O) groups excluding carboxylic acids is 3. The van der Waals surface area contributed by atoms with Crippen LogP contribution in [0, 0.1) is 0 Å². The molecule has 0 saturated carbocycles. The third-order valence-corrected chi connectivity index (χ3v) is 5.54. The second kappa shape index (κ2) is 8.86. The fourth-order valence-corrected chi connectivity index (χ4v) is 3.81. The van der Waals surface area contributed by atoms with Gasteiger partial charge < -0.3 is 10.6 Å². The Morgan fingerprint density at radius 2 is 1.74 bits per heavy atom. The molecule has 2 heterocycles. The molecule has 1 fully saturated rings. The van der Waals surface area contributed by atoms with E-state index in [1.165, 1.54) is 11.9 Å². The Balaban J connectivity index is 1.34. The van der Waals surface area contributed by atoms with Gasteiger partial charge in [-0.25, -0.2) is 10.4 Å². The number of hydrazine groups is 1. The summed E-state index contributed by atoms with van der Waals surface area (Å²) in [6.45, 7) is 1.24. The number of hydrogen-bond donors (Lipinski definition) is 3. The summed E-state index contributed by atoms with van der Waals surface area (Å²) in [5.41, 5.74) is 5.55. The van der Waals surface area contributed by atoms with E-state index in [2.05, 4.69) is 37.1 Å². The molecule has 2 unspecified atom stereocenters. The molecule has 3 N–H and O–H groups in total. The fourth-order valence-electron chi connectivity index (χ4n) is 3.54. The molecule has 0 radical (unpaired) electrons. The van der Waals surface area contributed by atoms with Crippen molar-refractivity contribution < 1.29 is 14.4 Å². The zero-order valence-corrected chi connectivity index (χ0v) is 18.3. The van der Waals surface area contributed by atoms with Gasteiger partial charge in [-0.3, -0.25) is 19.4 Å². The summed E-state index contributed by atoms with van der Waals surface area (Å²) < 4.78 is 0.992. The second-order valence-electron chi connectivity index (χ2n) is 7.33. The smallest absolute Gasteiger partial charge is 0.267 e. The van der Waals surface area contributed by atoms with Gasteiger partial charge in [0.1, 0.15) is 18.9 Å². The molecule has 2 aromatic rings. The van der Waals surface area contributed by atoms with Crippen molar-refractivity contribution in [3.05, 3.63) is 58.6 Å². The standard InChI is InChI=1S/C21H21BrN6O3/c1-13(29)24-16-6-8-17(9-7-16)25-20(30)11-27-21(31)19-10-18(26-28(19)12-23-27)14-2-4-15(22)5-3-14/h2-9,12,18-19,26H,10-11H2,1H3,(H,24,29)(H,25,30). The van der Waals surface area contributed by atoms with Gasteiger partial charge in [0.25, 0.3) is 5.91 Å². The van der Waals surface area contributed by atoms with Crippen LogP contribution in [0.15, 0.2) is 58.1 Å². The maximum atomic E-state index is 12.9. The van der Waals surface area contributed by atoms with Crippen LogP contribution in [0.2, 0.25) is 0 Å². The van der Waals surface area contributed by atoms with Crippen LogP contribution in [-0.4, -0.2) is 46.7 Å². The summed E-state index contributed by atoms with van der Waals surface area (Å²) in [5, 5.41) is 12.4. The maximum Gasteiger partial charge on any atom is 0.267 e. The monoisotopic (exact) mass is 484 g/mol. The predicted molar refractivity (Wildman–Crippen MR) is 120 cm³/mol. The average Bonchev–Trinajstić information content (AvgIpc) is 3.17. The molecule has 0 spiro atoms. The van der Waals surface area contributed by atoms with E-state index in [1.807, 2.05) is 24.3 Å². The molecular formula is C21H21BrN6O3. The molecule has 9 nitrogen and oxygen atoms in total. The Morgan fingerprint density at radius 1 is 1.10 bits per heavy atom. The molecule has 3 amide bonds. The van der Waals surface area contributed by atoms with E-state index in [4.69, 9.17) is 0 Å². The predicted octanol–water partition coefficient (Wildman–Crippen LogP) is 2.45. The van der Waals surface area contributed by atoms with Gasteiger partial charge >= 0.3 is 0 Å². The fraction of sp³-hybridized carbons (Fsp3) is 0.238. The lowest BCUT2D eigenvalue weighted by molar-refractivity contribution is -0.139. The van der Waals surface area contributed by atoms with Gasteiger partial charge in [-0.2, -0.15) is 5.10 Å². The molecule has 2 atom stereocenters. The minimum Gasteiger partial charge on any atom is -0.326 e. The molecular weight excluding hydrogens is 464 g/mol. The van der Waals surface area contributed by atoms with Crippen LogP contribution in [0.4, 0.5) is 11.4 Å². The van der Waals surface area contributed by atoms with Crippen LogP contribution in [0.5, 0.6) is 0 Å². The van der Waals surface area contributed by atoms with Crippen molar-refractivity contribution in [1.29, 1.82) is 0 Å². The number of hydrogen-bond acceptors (Lipinski definition) is 6. The number of nitrogens with zero attached hydrogens (tertiary/aromatic N) is 3. The summed E-state index contributed by atoms with van der Waals surface area (Å²) in [7, 11) is 0. The minimum absolute atomic E-state index is 0.00981. The number of rotatable bonds is 5. The van der Waals surface area contributed by atoms with Crippen LogP contribution in [-0.2, 0) is 14.4 Å². The quantitative estimate of drug-likeness (QED) is 0.604. The van der Waals surface area contributed by atoms with Crippen molar-refractivity contribution in [2.75, 3.05) is 17.2 Å². The highest BCUT2D eigenvalue weighted by molar-refractivity contribution is 9.10. The lowest BCUT2D eigenvalue weighted by atomic mass is 10.0. The first-order chi connectivity index (χ1) is 14.9. The van der Waals surface area contributed by atoms with Crippen LogP contribution >= 0.6 is 15.9 Å².